The van der Waals surface area contributed by atoms with Gasteiger partial charge in [-0.15, -0.1) is 0 Å². The van der Waals surface area contributed by atoms with Gasteiger partial charge in [-0.05, 0) is 31.9 Å². The van der Waals surface area contributed by atoms with Gasteiger partial charge in [0.15, 0.2) is 0 Å². The van der Waals surface area contributed by atoms with Crippen molar-refractivity contribution in [3.05, 3.63) is 11.9 Å². The van der Waals surface area contributed by atoms with Crippen LogP contribution in [0.25, 0.3) is 0 Å². The van der Waals surface area contributed by atoms with Gasteiger partial charge in [0, 0.05) is 23.4 Å². The fourth-order valence-corrected chi connectivity index (χ4v) is 3.93. The molecule has 1 aliphatic rings. The summed E-state index contributed by atoms with van der Waals surface area (Å²) in [5.74, 6) is 1.99. The third-order valence-corrected chi connectivity index (χ3v) is 5.79. The van der Waals surface area contributed by atoms with E-state index in [0.29, 0.717) is 4.75 Å². The highest BCUT2D eigenvalue weighted by Crippen LogP contribution is 2.40. The van der Waals surface area contributed by atoms with Crippen LogP contribution in [-0.2, 0) is 6.42 Å². The fraction of sp³-hybridized carbons (Fsp3) is 0.750. The number of rotatable bonds is 8. The van der Waals surface area contributed by atoms with Crippen molar-refractivity contribution in [2.75, 3.05) is 30.0 Å². The van der Waals surface area contributed by atoms with Gasteiger partial charge in [0.25, 0.3) is 0 Å². The first-order chi connectivity index (χ1) is 10.2. The molecule has 0 aromatic carbocycles. The first kappa shape index (κ1) is 16.4. The Morgan fingerprint density at radius 3 is 2.38 bits per heavy atom. The molecular formula is C16H28N4S. The zero-order valence-electron chi connectivity index (χ0n) is 13.5. The number of anilines is 2. The number of thioether (sulfide) groups is 1. The normalized spacial score (nSPS) is 16.9. The van der Waals surface area contributed by atoms with Crippen molar-refractivity contribution in [1.29, 1.82) is 0 Å². The molecule has 118 valence electrons. The van der Waals surface area contributed by atoms with Crippen LogP contribution < -0.4 is 10.6 Å². The van der Waals surface area contributed by atoms with Crippen LogP contribution in [0.1, 0.15) is 51.5 Å². The van der Waals surface area contributed by atoms with Crippen LogP contribution in [0.5, 0.6) is 0 Å². The summed E-state index contributed by atoms with van der Waals surface area (Å²) in [5.41, 5.74) is 1.21. The fourth-order valence-electron chi connectivity index (χ4n) is 3.01. The Kier molecular flexibility index (Phi) is 6.15. The highest BCUT2D eigenvalue weighted by molar-refractivity contribution is 8.00. The molecule has 2 N–H and O–H groups in total. The maximum Gasteiger partial charge on any atom is 0.134 e. The van der Waals surface area contributed by atoms with Crippen molar-refractivity contribution in [3.8, 4) is 0 Å². The number of nitrogens with zero attached hydrogens (tertiary/aromatic N) is 2. The Bertz CT molecular complexity index is 444. The molecule has 1 aromatic heterocycles. The molecule has 0 aliphatic heterocycles. The molecular weight excluding hydrogens is 280 g/mol. The second-order valence-electron chi connectivity index (χ2n) is 5.78. The summed E-state index contributed by atoms with van der Waals surface area (Å²) < 4.78 is 0.396. The molecule has 5 heteroatoms. The van der Waals surface area contributed by atoms with Crippen LogP contribution in [-0.4, -0.2) is 34.1 Å². The molecule has 1 aliphatic carbocycles. The van der Waals surface area contributed by atoms with E-state index in [9.17, 15) is 0 Å². The molecule has 2 rings (SSSR count). The number of hydrogen-bond donors (Lipinski definition) is 2. The van der Waals surface area contributed by atoms with E-state index in [0.717, 1.165) is 37.6 Å². The number of hydrogen-bond acceptors (Lipinski definition) is 5. The summed E-state index contributed by atoms with van der Waals surface area (Å²) in [6.45, 7) is 6.30. The van der Waals surface area contributed by atoms with E-state index in [1.54, 1.807) is 6.33 Å². The van der Waals surface area contributed by atoms with Crippen LogP contribution >= 0.6 is 11.8 Å². The highest BCUT2D eigenvalue weighted by Gasteiger charge is 2.33. The lowest BCUT2D eigenvalue weighted by atomic mass is 10.1. The minimum absolute atomic E-state index is 0.396. The van der Waals surface area contributed by atoms with E-state index in [4.69, 9.17) is 0 Å². The van der Waals surface area contributed by atoms with Gasteiger partial charge in [0.1, 0.15) is 18.0 Å². The summed E-state index contributed by atoms with van der Waals surface area (Å²) in [6, 6.07) is 0. The predicted molar refractivity (Wildman–Crippen MR) is 93.4 cm³/mol. The van der Waals surface area contributed by atoms with Crippen LogP contribution in [0.3, 0.4) is 0 Å². The zero-order valence-corrected chi connectivity index (χ0v) is 14.4. The lowest BCUT2D eigenvalue weighted by molar-refractivity contribution is 0.638. The minimum atomic E-state index is 0.396. The molecule has 0 unspecified atom stereocenters. The second-order valence-corrected chi connectivity index (χ2v) is 7.05. The maximum atomic E-state index is 4.47. The van der Waals surface area contributed by atoms with E-state index < -0.39 is 0 Å². The van der Waals surface area contributed by atoms with Crippen molar-refractivity contribution in [3.63, 3.8) is 0 Å². The summed E-state index contributed by atoms with van der Waals surface area (Å²) >= 11 is 2.01. The molecule has 21 heavy (non-hydrogen) atoms. The quantitative estimate of drug-likeness (QED) is 0.761. The van der Waals surface area contributed by atoms with Crippen molar-refractivity contribution in [2.24, 2.45) is 0 Å². The summed E-state index contributed by atoms with van der Waals surface area (Å²) in [6.07, 6.45) is 11.3. The molecule has 0 saturated heterocycles. The van der Waals surface area contributed by atoms with Crippen LogP contribution in [0, 0.1) is 0 Å². The van der Waals surface area contributed by atoms with Gasteiger partial charge < -0.3 is 10.6 Å². The first-order valence-electron chi connectivity index (χ1n) is 8.11. The third kappa shape index (κ3) is 4.02. The van der Waals surface area contributed by atoms with E-state index in [1.165, 1.54) is 31.2 Å². The Hall–Kier alpha value is -0.970. The minimum Gasteiger partial charge on any atom is -0.370 e. The van der Waals surface area contributed by atoms with Gasteiger partial charge in [0.05, 0.1) is 0 Å². The zero-order chi connectivity index (χ0) is 15.1. The monoisotopic (exact) mass is 308 g/mol. The average Bonchev–Trinajstić information content (AvgIpc) is 3.00. The Morgan fingerprint density at radius 2 is 1.81 bits per heavy atom. The first-order valence-corrected chi connectivity index (χ1v) is 9.34. The third-order valence-electron chi connectivity index (χ3n) is 4.37. The number of nitrogens with one attached hydrogen (secondary N) is 2. The summed E-state index contributed by atoms with van der Waals surface area (Å²) in [4.78, 5) is 8.87. The average molecular weight is 308 g/mol. The predicted octanol–water partition coefficient (Wildman–Crippen LogP) is 3.95. The van der Waals surface area contributed by atoms with Crippen LogP contribution in [0.4, 0.5) is 11.6 Å². The highest BCUT2D eigenvalue weighted by atomic mass is 32.2. The topological polar surface area (TPSA) is 49.8 Å². The van der Waals surface area contributed by atoms with Gasteiger partial charge in [-0.2, -0.15) is 11.8 Å². The van der Waals surface area contributed by atoms with E-state index in [1.807, 2.05) is 11.8 Å². The second kappa shape index (κ2) is 7.87. The smallest absolute Gasteiger partial charge is 0.134 e. The Labute approximate surface area is 132 Å². The van der Waals surface area contributed by atoms with Gasteiger partial charge in [-0.25, -0.2) is 9.97 Å². The Morgan fingerprint density at radius 1 is 1.14 bits per heavy atom. The molecule has 1 heterocycles. The van der Waals surface area contributed by atoms with Crippen molar-refractivity contribution >= 4 is 23.4 Å². The molecule has 0 amide bonds. The van der Waals surface area contributed by atoms with E-state index in [2.05, 4.69) is 40.7 Å². The van der Waals surface area contributed by atoms with Gasteiger partial charge >= 0.3 is 0 Å². The molecule has 4 nitrogen and oxygen atoms in total. The lowest BCUT2D eigenvalue weighted by Crippen LogP contribution is -2.30. The molecule has 0 bridgehead atoms. The molecule has 1 aromatic rings. The Balaban J connectivity index is 2.08. The maximum absolute atomic E-state index is 4.47. The van der Waals surface area contributed by atoms with Gasteiger partial charge in [-0.1, -0.05) is 26.7 Å². The SMILES string of the molecule is CCCNc1ncnc(NCC2(SC)CCCC2)c1CC. The van der Waals surface area contributed by atoms with Gasteiger partial charge in [0.2, 0.25) is 0 Å². The molecule has 1 saturated carbocycles. The van der Waals surface area contributed by atoms with Crippen molar-refractivity contribution in [1.82, 2.24) is 9.97 Å². The van der Waals surface area contributed by atoms with E-state index in [-0.39, 0.29) is 0 Å². The number of aromatic nitrogens is 2. The molecule has 1 fully saturated rings. The van der Waals surface area contributed by atoms with E-state index >= 15 is 0 Å². The van der Waals surface area contributed by atoms with Gasteiger partial charge in [-0.3, -0.25) is 0 Å². The van der Waals surface area contributed by atoms with Crippen molar-refractivity contribution < 1.29 is 0 Å². The lowest BCUT2D eigenvalue weighted by Gasteiger charge is -2.27. The van der Waals surface area contributed by atoms with Crippen LogP contribution in [0.2, 0.25) is 0 Å². The molecule has 0 spiro atoms. The van der Waals surface area contributed by atoms with Crippen molar-refractivity contribution in [2.45, 2.75) is 57.1 Å². The largest absolute Gasteiger partial charge is 0.370 e. The standard InChI is InChI=1S/C16H28N4S/c1-4-10-17-14-13(5-2)15(20-12-19-14)18-11-16(21-3)8-6-7-9-16/h12H,4-11H2,1-3H3,(H2,17,18,19,20). The summed E-state index contributed by atoms with van der Waals surface area (Å²) in [5, 5.41) is 7.01. The summed E-state index contributed by atoms with van der Waals surface area (Å²) in [7, 11) is 0. The van der Waals surface area contributed by atoms with Crippen LogP contribution in [0.15, 0.2) is 6.33 Å². The molecule has 0 atom stereocenters. The molecule has 0 radical (unpaired) electrons.